The van der Waals surface area contributed by atoms with E-state index in [0.29, 0.717) is 13.1 Å². The largest absolute Gasteiger partial charge is 0.368 e. The van der Waals surface area contributed by atoms with Crippen LogP contribution in [-0.4, -0.2) is 49.1 Å². The van der Waals surface area contributed by atoms with Crippen molar-refractivity contribution in [2.24, 2.45) is 16.8 Å². The van der Waals surface area contributed by atoms with Crippen LogP contribution < -0.4 is 4.90 Å². The van der Waals surface area contributed by atoms with Crippen LogP contribution in [0.4, 0.5) is 5.69 Å². The van der Waals surface area contributed by atoms with Gasteiger partial charge in [-0.1, -0.05) is 52.8 Å². The number of anilines is 1. The standard InChI is InChI=1S/C22H33N3O2/c1-16(2)18(15-23-17(3)26)21(27)25-13-11-24(12-14-25)20-10-8-7-9-19(20)22(4,5)6/h7-10,15-16,18H,11-14H2,1-6H3. The number of aliphatic imine (C=N–C) groups is 1. The molecule has 0 aliphatic carbocycles. The van der Waals surface area contributed by atoms with Crippen molar-refractivity contribution < 1.29 is 9.59 Å². The van der Waals surface area contributed by atoms with E-state index in [1.807, 2.05) is 18.7 Å². The van der Waals surface area contributed by atoms with Crippen LogP contribution in [0.2, 0.25) is 0 Å². The number of benzene rings is 1. The topological polar surface area (TPSA) is 53.0 Å². The first-order valence-electron chi connectivity index (χ1n) is 9.79. The fraction of sp³-hybridized carbons (Fsp3) is 0.591. The predicted molar refractivity (Wildman–Crippen MR) is 111 cm³/mol. The summed E-state index contributed by atoms with van der Waals surface area (Å²) in [7, 11) is 0. The van der Waals surface area contributed by atoms with Gasteiger partial charge in [-0.15, -0.1) is 0 Å². The van der Waals surface area contributed by atoms with E-state index >= 15 is 0 Å². The summed E-state index contributed by atoms with van der Waals surface area (Å²) >= 11 is 0. The zero-order chi connectivity index (χ0) is 20.2. The van der Waals surface area contributed by atoms with Gasteiger partial charge in [0.2, 0.25) is 11.8 Å². The first-order chi connectivity index (χ1) is 12.6. The molecule has 1 saturated heterocycles. The van der Waals surface area contributed by atoms with Gasteiger partial charge in [-0.3, -0.25) is 9.59 Å². The number of para-hydroxylation sites is 1. The highest BCUT2D eigenvalue weighted by atomic mass is 16.2. The second-order valence-electron chi connectivity index (χ2n) is 8.65. The monoisotopic (exact) mass is 371 g/mol. The van der Waals surface area contributed by atoms with Crippen LogP contribution >= 0.6 is 0 Å². The molecule has 1 aromatic rings. The van der Waals surface area contributed by atoms with Gasteiger partial charge < -0.3 is 9.80 Å². The van der Waals surface area contributed by atoms with Crippen LogP contribution in [0.25, 0.3) is 0 Å². The molecule has 1 fully saturated rings. The molecule has 2 amide bonds. The molecule has 27 heavy (non-hydrogen) atoms. The molecule has 0 radical (unpaired) electrons. The lowest BCUT2D eigenvalue weighted by Crippen LogP contribution is -2.51. The maximum absolute atomic E-state index is 12.9. The van der Waals surface area contributed by atoms with Gasteiger partial charge in [0, 0.05) is 45.0 Å². The second kappa shape index (κ2) is 8.68. The van der Waals surface area contributed by atoms with E-state index in [0.717, 1.165) is 13.1 Å². The zero-order valence-electron chi connectivity index (χ0n) is 17.5. The van der Waals surface area contributed by atoms with E-state index in [-0.39, 0.29) is 29.1 Å². The molecule has 1 atom stereocenters. The third kappa shape index (κ3) is 5.41. The average molecular weight is 372 g/mol. The minimum absolute atomic E-state index is 0.0683. The molecular formula is C22H33N3O2. The van der Waals surface area contributed by atoms with E-state index in [9.17, 15) is 9.59 Å². The highest BCUT2D eigenvalue weighted by molar-refractivity contribution is 5.97. The van der Waals surface area contributed by atoms with Gasteiger partial charge in [-0.05, 0) is 23.0 Å². The minimum Gasteiger partial charge on any atom is -0.368 e. The van der Waals surface area contributed by atoms with E-state index in [4.69, 9.17) is 0 Å². The summed E-state index contributed by atoms with van der Waals surface area (Å²) in [5.74, 6) is -0.432. The number of rotatable bonds is 4. The fourth-order valence-electron chi connectivity index (χ4n) is 3.47. The van der Waals surface area contributed by atoms with Crippen molar-refractivity contribution >= 4 is 23.7 Å². The molecule has 1 aromatic carbocycles. The Morgan fingerprint density at radius 3 is 2.19 bits per heavy atom. The van der Waals surface area contributed by atoms with Crippen LogP contribution in [-0.2, 0) is 15.0 Å². The first kappa shape index (κ1) is 21.1. The molecule has 1 aliphatic rings. The van der Waals surface area contributed by atoms with Crippen molar-refractivity contribution in [1.29, 1.82) is 0 Å². The Hall–Kier alpha value is -2.17. The number of carbonyl (C=O) groups excluding carboxylic acids is 2. The quantitative estimate of drug-likeness (QED) is 0.761. The van der Waals surface area contributed by atoms with Crippen molar-refractivity contribution in [1.82, 2.24) is 4.90 Å². The lowest BCUT2D eigenvalue weighted by molar-refractivity contribution is -0.134. The second-order valence-corrected chi connectivity index (χ2v) is 8.65. The summed E-state index contributed by atoms with van der Waals surface area (Å²) in [4.78, 5) is 32.2. The summed E-state index contributed by atoms with van der Waals surface area (Å²) in [6.07, 6.45) is 1.52. The maximum Gasteiger partial charge on any atom is 0.242 e. The molecule has 5 heteroatoms. The molecule has 1 aliphatic heterocycles. The molecule has 2 rings (SSSR count). The van der Waals surface area contributed by atoms with Crippen molar-refractivity contribution in [2.45, 2.75) is 47.0 Å². The van der Waals surface area contributed by atoms with Gasteiger partial charge in [0.25, 0.3) is 0 Å². The number of hydrogen-bond donors (Lipinski definition) is 0. The Balaban J connectivity index is 2.09. The smallest absolute Gasteiger partial charge is 0.242 e. The minimum atomic E-state index is -0.345. The Morgan fingerprint density at radius 2 is 1.67 bits per heavy atom. The van der Waals surface area contributed by atoms with Gasteiger partial charge in [-0.2, -0.15) is 0 Å². The normalized spacial score (nSPS) is 16.9. The van der Waals surface area contributed by atoms with Crippen molar-refractivity contribution in [3.63, 3.8) is 0 Å². The summed E-state index contributed by atoms with van der Waals surface area (Å²) in [6.45, 7) is 15.1. The first-order valence-corrected chi connectivity index (χ1v) is 9.79. The zero-order valence-corrected chi connectivity index (χ0v) is 17.5. The van der Waals surface area contributed by atoms with Crippen molar-refractivity contribution in [3.8, 4) is 0 Å². The van der Waals surface area contributed by atoms with Crippen LogP contribution in [0.3, 0.4) is 0 Å². The van der Waals surface area contributed by atoms with Crippen LogP contribution in [0.15, 0.2) is 29.3 Å². The number of piperazine rings is 1. The highest BCUT2D eigenvalue weighted by Gasteiger charge is 2.30. The van der Waals surface area contributed by atoms with E-state index in [2.05, 4.69) is 54.9 Å². The van der Waals surface area contributed by atoms with E-state index in [1.165, 1.54) is 24.4 Å². The molecule has 0 N–H and O–H groups in total. The van der Waals surface area contributed by atoms with E-state index < -0.39 is 0 Å². The van der Waals surface area contributed by atoms with Crippen LogP contribution in [0, 0.1) is 11.8 Å². The molecule has 5 nitrogen and oxygen atoms in total. The van der Waals surface area contributed by atoms with Gasteiger partial charge in [0.05, 0.1) is 5.92 Å². The molecule has 0 bridgehead atoms. The molecule has 1 unspecified atom stereocenters. The number of nitrogens with zero attached hydrogens (tertiary/aromatic N) is 3. The lowest BCUT2D eigenvalue weighted by Gasteiger charge is -2.39. The van der Waals surface area contributed by atoms with Crippen LogP contribution in [0.5, 0.6) is 0 Å². The van der Waals surface area contributed by atoms with E-state index in [1.54, 1.807) is 0 Å². The SMILES string of the molecule is CC(=O)N=CC(C(=O)N1CCN(c2ccccc2C(C)(C)C)CC1)C(C)C. The van der Waals surface area contributed by atoms with Crippen LogP contribution in [0.1, 0.15) is 47.1 Å². The number of amides is 2. The fourth-order valence-corrected chi connectivity index (χ4v) is 3.47. The summed E-state index contributed by atoms with van der Waals surface area (Å²) in [5, 5.41) is 0. The molecule has 0 spiro atoms. The van der Waals surface area contributed by atoms with Gasteiger partial charge >= 0.3 is 0 Å². The highest BCUT2D eigenvalue weighted by Crippen LogP contribution is 2.32. The summed E-state index contributed by atoms with van der Waals surface area (Å²) in [5.41, 5.74) is 2.67. The Bertz CT molecular complexity index is 696. The third-order valence-electron chi connectivity index (χ3n) is 5.06. The van der Waals surface area contributed by atoms with Gasteiger partial charge in [0.1, 0.15) is 0 Å². The summed E-state index contributed by atoms with van der Waals surface area (Å²) in [6, 6.07) is 8.54. The molecule has 0 aromatic heterocycles. The van der Waals surface area contributed by atoms with Gasteiger partial charge in [0.15, 0.2) is 0 Å². The lowest BCUT2D eigenvalue weighted by atomic mass is 9.85. The maximum atomic E-state index is 12.9. The Morgan fingerprint density at radius 1 is 1.07 bits per heavy atom. The number of carbonyl (C=O) groups is 2. The molecule has 148 valence electrons. The Kier molecular flexibility index (Phi) is 6.79. The van der Waals surface area contributed by atoms with Crippen molar-refractivity contribution in [3.05, 3.63) is 29.8 Å². The molecular weight excluding hydrogens is 338 g/mol. The average Bonchev–Trinajstić information content (AvgIpc) is 2.60. The predicted octanol–water partition coefficient (Wildman–Crippen LogP) is 3.52. The number of hydrogen-bond acceptors (Lipinski definition) is 3. The molecule has 0 saturated carbocycles. The third-order valence-corrected chi connectivity index (χ3v) is 5.06. The van der Waals surface area contributed by atoms with Crippen molar-refractivity contribution in [2.75, 3.05) is 31.1 Å². The van der Waals surface area contributed by atoms with Gasteiger partial charge in [-0.25, -0.2) is 4.99 Å². The summed E-state index contributed by atoms with van der Waals surface area (Å²) < 4.78 is 0. The molecule has 1 heterocycles. The Labute approximate surface area is 163 Å².